The van der Waals surface area contributed by atoms with Crippen molar-refractivity contribution in [3.63, 3.8) is 0 Å². The highest BCUT2D eigenvalue weighted by Gasteiger charge is 2.10. The van der Waals surface area contributed by atoms with Gasteiger partial charge in [0.25, 0.3) is 0 Å². The lowest BCUT2D eigenvalue weighted by Gasteiger charge is -2.12. The summed E-state index contributed by atoms with van der Waals surface area (Å²) in [5, 5.41) is 7.34. The molecule has 3 rings (SSSR count). The Morgan fingerprint density at radius 1 is 1.09 bits per heavy atom. The van der Waals surface area contributed by atoms with Crippen LogP contribution in [0.4, 0.5) is 5.69 Å². The first-order valence-corrected chi connectivity index (χ1v) is 7.06. The van der Waals surface area contributed by atoms with Crippen molar-refractivity contribution in [2.24, 2.45) is 0 Å². The van der Waals surface area contributed by atoms with Crippen molar-refractivity contribution in [1.82, 2.24) is 10.1 Å². The van der Waals surface area contributed by atoms with E-state index in [9.17, 15) is 0 Å². The minimum absolute atomic E-state index is 0.637. The van der Waals surface area contributed by atoms with Gasteiger partial charge in [-0.2, -0.15) is 0 Å². The zero-order chi connectivity index (χ0) is 15.4. The number of para-hydroxylation sites is 2. The van der Waals surface area contributed by atoms with E-state index < -0.39 is 0 Å². The Kier molecular flexibility index (Phi) is 4.05. The average Bonchev–Trinajstić information content (AvgIpc) is 2.86. The number of ether oxygens (including phenoxy) is 1. The fraction of sp³-hybridized carbons (Fsp3) is 0.176. The summed E-state index contributed by atoms with van der Waals surface area (Å²) in [6.07, 6.45) is 3.41. The van der Waals surface area contributed by atoms with Crippen molar-refractivity contribution in [3.05, 3.63) is 65.8 Å². The summed E-state index contributed by atoms with van der Waals surface area (Å²) in [6.45, 7) is 4.49. The van der Waals surface area contributed by atoms with Gasteiger partial charge in [-0.25, -0.2) is 0 Å². The number of nitrogens with zero attached hydrogens (tertiary/aromatic N) is 2. The number of hydrogen-bond donors (Lipinski definition) is 1. The summed E-state index contributed by atoms with van der Waals surface area (Å²) in [5.41, 5.74) is 2.88. The van der Waals surface area contributed by atoms with E-state index >= 15 is 0 Å². The molecular formula is C17H17N3O2. The average molecular weight is 295 g/mol. The van der Waals surface area contributed by atoms with Crippen LogP contribution < -0.4 is 10.1 Å². The number of aromatic nitrogens is 2. The van der Waals surface area contributed by atoms with Crippen molar-refractivity contribution < 1.29 is 9.26 Å². The minimum atomic E-state index is 0.637. The molecule has 0 atom stereocenters. The van der Waals surface area contributed by atoms with Gasteiger partial charge < -0.3 is 14.6 Å². The second-order valence-electron chi connectivity index (χ2n) is 4.94. The molecule has 0 radical (unpaired) electrons. The lowest BCUT2D eigenvalue weighted by atomic mass is 10.2. The maximum Gasteiger partial charge on any atom is 0.150 e. The van der Waals surface area contributed by atoms with Gasteiger partial charge in [-0.3, -0.25) is 4.98 Å². The molecule has 0 aliphatic heterocycles. The van der Waals surface area contributed by atoms with Crippen molar-refractivity contribution in [2.45, 2.75) is 20.4 Å². The molecule has 2 heterocycles. The second-order valence-corrected chi connectivity index (χ2v) is 4.94. The zero-order valence-electron chi connectivity index (χ0n) is 12.5. The lowest BCUT2D eigenvalue weighted by Crippen LogP contribution is -2.02. The number of rotatable bonds is 5. The van der Waals surface area contributed by atoms with Crippen molar-refractivity contribution in [2.75, 3.05) is 5.32 Å². The van der Waals surface area contributed by atoms with Crippen LogP contribution in [0.25, 0.3) is 0 Å². The summed E-state index contributed by atoms with van der Waals surface area (Å²) in [7, 11) is 0. The predicted octanol–water partition coefficient (Wildman–Crippen LogP) is 4.09. The van der Waals surface area contributed by atoms with E-state index in [2.05, 4.69) is 15.5 Å². The van der Waals surface area contributed by atoms with Gasteiger partial charge in [-0.15, -0.1) is 0 Å². The van der Waals surface area contributed by atoms with Crippen LogP contribution in [0, 0.1) is 13.8 Å². The molecular weight excluding hydrogens is 278 g/mol. The quantitative estimate of drug-likeness (QED) is 0.768. The molecule has 0 spiro atoms. The Bertz CT molecular complexity index is 734. The molecule has 0 aliphatic carbocycles. The van der Waals surface area contributed by atoms with E-state index in [-0.39, 0.29) is 0 Å². The lowest BCUT2D eigenvalue weighted by molar-refractivity contribution is 0.392. The second kappa shape index (κ2) is 6.30. The molecule has 3 aromatic rings. The van der Waals surface area contributed by atoms with Crippen molar-refractivity contribution in [3.8, 4) is 11.5 Å². The van der Waals surface area contributed by atoms with E-state index in [0.717, 1.165) is 34.2 Å². The Hall–Kier alpha value is -2.82. The van der Waals surface area contributed by atoms with Crippen LogP contribution in [0.1, 0.15) is 17.0 Å². The van der Waals surface area contributed by atoms with Crippen LogP contribution in [-0.4, -0.2) is 10.1 Å². The van der Waals surface area contributed by atoms with Crippen LogP contribution in [-0.2, 0) is 6.54 Å². The van der Waals surface area contributed by atoms with Crippen LogP contribution in [0.2, 0.25) is 0 Å². The Balaban J connectivity index is 1.77. The SMILES string of the molecule is Cc1noc(C)c1CNc1ccccc1Oc1ccncc1. The fourth-order valence-corrected chi connectivity index (χ4v) is 2.17. The van der Waals surface area contributed by atoms with E-state index in [1.807, 2.05) is 50.2 Å². The number of nitrogens with one attached hydrogen (secondary N) is 1. The largest absolute Gasteiger partial charge is 0.455 e. The normalized spacial score (nSPS) is 10.5. The van der Waals surface area contributed by atoms with E-state index in [4.69, 9.17) is 9.26 Å². The molecule has 1 aromatic carbocycles. The van der Waals surface area contributed by atoms with Gasteiger partial charge in [0.05, 0.1) is 11.4 Å². The topological polar surface area (TPSA) is 60.2 Å². The molecule has 0 amide bonds. The van der Waals surface area contributed by atoms with E-state index in [0.29, 0.717) is 6.54 Å². The maximum absolute atomic E-state index is 5.90. The summed E-state index contributed by atoms with van der Waals surface area (Å²) in [6, 6.07) is 11.5. The molecule has 22 heavy (non-hydrogen) atoms. The number of anilines is 1. The van der Waals surface area contributed by atoms with Crippen molar-refractivity contribution in [1.29, 1.82) is 0 Å². The molecule has 0 unspecified atom stereocenters. The highest BCUT2D eigenvalue weighted by atomic mass is 16.5. The van der Waals surface area contributed by atoms with Gasteiger partial charge in [0.2, 0.25) is 0 Å². The van der Waals surface area contributed by atoms with Gasteiger partial charge in [0.15, 0.2) is 5.75 Å². The molecule has 0 aliphatic rings. The third-order valence-corrected chi connectivity index (χ3v) is 3.40. The standard InChI is InChI=1S/C17H17N3O2/c1-12-15(13(2)22-20-12)11-19-16-5-3-4-6-17(16)21-14-7-9-18-10-8-14/h3-10,19H,11H2,1-2H3. The molecule has 2 aromatic heterocycles. The smallest absolute Gasteiger partial charge is 0.150 e. The zero-order valence-corrected chi connectivity index (χ0v) is 12.5. The Labute approximate surface area is 128 Å². The first-order chi connectivity index (χ1) is 10.7. The third kappa shape index (κ3) is 3.09. The van der Waals surface area contributed by atoms with Crippen LogP contribution >= 0.6 is 0 Å². The van der Waals surface area contributed by atoms with Crippen LogP contribution in [0.15, 0.2) is 53.3 Å². The fourth-order valence-electron chi connectivity index (χ4n) is 2.17. The van der Waals surface area contributed by atoms with Gasteiger partial charge in [0.1, 0.15) is 11.5 Å². The van der Waals surface area contributed by atoms with E-state index in [1.165, 1.54) is 0 Å². The molecule has 0 bridgehead atoms. The summed E-state index contributed by atoms with van der Waals surface area (Å²) in [5.74, 6) is 2.35. The van der Waals surface area contributed by atoms with Gasteiger partial charge in [0, 0.05) is 24.5 Å². The molecule has 5 nitrogen and oxygen atoms in total. The third-order valence-electron chi connectivity index (χ3n) is 3.40. The molecule has 1 N–H and O–H groups in total. The number of aryl methyl sites for hydroxylation is 2. The first kappa shape index (κ1) is 14.1. The Morgan fingerprint density at radius 3 is 2.59 bits per heavy atom. The van der Waals surface area contributed by atoms with Gasteiger partial charge >= 0.3 is 0 Å². The molecule has 0 fully saturated rings. The summed E-state index contributed by atoms with van der Waals surface area (Å²) in [4.78, 5) is 3.99. The maximum atomic E-state index is 5.90. The van der Waals surface area contributed by atoms with Crippen LogP contribution in [0.3, 0.4) is 0 Å². The number of benzene rings is 1. The van der Waals surface area contributed by atoms with Gasteiger partial charge in [-0.05, 0) is 38.1 Å². The highest BCUT2D eigenvalue weighted by Crippen LogP contribution is 2.29. The molecule has 0 saturated heterocycles. The van der Waals surface area contributed by atoms with Crippen molar-refractivity contribution >= 4 is 5.69 Å². The number of hydrogen-bond acceptors (Lipinski definition) is 5. The molecule has 5 heteroatoms. The monoisotopic (exact) mass is 295 g/mol. The molecule has 0 saturated carbocycles. The summed E-state index contributed by atoms with van der Waals surface area (Å²) < 4.78 is 11.1. The van der Waals surface area contributed by atoms with Gasteiger partial charge in [-0.1, -0.05) is 17.3 Å². The highest BCUT2D eigenvalue weighted by molar-refractivity contribution is 5.57. The molecule has 112 valence electrons. The Morgan fingerprint density at radius 2 is 1.86 bits per heavy atom. The minimum Gasteiger partial charge on any atom is -0.455 e. The van der Waals surface area contributed by atoms with E-state index in [1.54, 1.807) is 12.4 Å². The first-order valence-electron chi connectivity index (χ1n) is 7.06. The number of pyridine rings is 1. The summed E-state index contributed by atoms with van der Waals surface area (Å²) >= 11 is 0. The predicted molar refractivity (Wildman–Crippen MR) is 84.1 cm³/mol. The van der Waals surface area contributed by atoms with Crippen LogP contribution in [0.5, 0.6) is 11.5 Å².